The van der Waals surface area contributed by atoms with Crippen LogP contribution in [0.4, 0.5) is 5.69 Å². The van der Waals surface area contributed by atoms with Crippen LogP contribution in [-0.2, 0) is 4.74 Å². The second-order valence-corrected chi connectivity index (χ2v) is 8.51. The molecule has 0 spiro atoms. The summed E-state index contributed by atoms with van der Waals surface area (Å²) in [5.41, 5.74) is 4.04. The molecule has 1 N–H and O–H groups in total. The molecule has 3 aliphatic rings. The number of hydrogen-bond donors (Lipinski definition) is 1. The summed E-state index contributed by atoms with van der Waals surface area (Å²) in [5, 5.41) is 3.88. The van der Waals surface area contributed by atoms with Crippen LogP contribution in [0, 0.1) is 11.8 Å². The molecule has 3 heteroatoms. The summed E-state index contributed by atoms with van der Waals surface area (Å²) in [5.74, 6) is 1.60. The molecule has 4 atom stereocenters. The lowest BCUT2D eigenvalue weighted by Crippen LogP contribution is -2.45. The van der Waals surface area contributed by atoms with Crippen molar-refractivity contribution in [3.05, 3.63) is 52.0 Å². The maximum Gasteiger partial charge on any atom is 0.0892 e. The SMILES string of the molecule is CC(C)c1ccc2c(c1)[C@H]1OCCC[C@H]1[C@H](C1CC=CC=C1Br)N2. The highest BCUT2D eigenvalue weighted by Gasteiger charge is 2.43. The number of allylic oxidation sites excluding steroid dienone is 3. The maximum absolute atomic E-state index is 6.31. The lowest BCUT2D eigenvalue weighted by molar-refractivity contribution is -0.0419. The topological polar surface area (TPSA) is 21.3 Å². The van der Waals surface area contributed by atoms with E-state index in [1.54, 1.807) is 0 Å². The highest BCUT2D eigenvalue weighted by molar-refractivity contribution is 9.11. The predicted molar refractivity (Wildman–Crippen MR) is 104 cm³/mol. The van der Waals surface area contributed by atoms with Crippen molar-refractivity contribution in [3.63, 3.8) is 0 Å². The predicted octanol–water partition coefficient (Wildman–Crippen LogP) is 5.93. The van der Waals surface area contributed by atoms with Crippen LogP contribution in [0.5, 0.6) is 0 Å². The van der Waals surface area contributed by atoms with E-state index in [9.17, 15) is 0 Å². The van der Waals surface area contributed by atoms with Crippen LogP contribution in [0.1, 0.15) is 56.3 Å². The fourth-order valence-corrected chi connectivity index (χ4v) is 5.05. The smallest absolute Gasteiger partial charge is 0.0892 e. The summed E-state index contributed by atoms with van der Waals surface area (Å²) < 4.78 is 7.62. The van der Waals surface area contributed by atoms with E-state index < -0.39 is 0 Å². The van der Waals surface area contributed by atoms with Gasteiger partial charge in [0, 0.05) is 40.2 Å². The molecule has 0 bridgehead atoms. The second-order valence-electron chi connectivity index (χ2n) is 7.59. The van der Waals surface area contributed by atoms with Crippen LogP contribution in [-0.4, -0.2) is 12.6 Å². The largest absolute Gasteiger partial charge is 0.381 e. The molecule has 0 saturated carbocycles. The van der Waals surface area contributed by atoms with E-state index >= 15 is 0 Å². The molecular weight excluding hydrogens is 362 g/mol. The van der Waals surface area contributed by atoms with Crippen molar-refractivity contribution < 1.29 is 4.74 Å². The van der Waals surface area contributed by atoms with Gasteiger partial charge in [0.2, 0.25) is 0 Å². The first-order valence-electron chi connectivity index (χ1n) is 9.19. The van der Waals surface area contributed by atoms with Gasteiger partial charge in [0.05, 0.1) is 6.10 Å². The van der Waals surface area contributed by atoms with Gasteiger partial charge in [0.25, 0.3) is 0 Å². The number of benzene rings is 1. The zero-order chi connectivity index (χ0) is 16.7. The van der Waals surface area contributed by atoms with E-state index in [-0.39, 0.29) is 6.10 Å². The average molecular weight is 388 g/mol. The van der Waals surface area contributed by atoms with Crippen LogP contribution in [0.3, 0.4) is 0 Å². The molecule has 2 nitrogen and oxygen atoms in total. The Morgan fingerprint density at radius 1 is 1.29 bits per heavy atom. The third kappa shape index (κ3) is 2.86. The molecule has 1 unspecified atom stereocenters. The van der Waals surface area contributed by atoms with Gasteiger partial charge in [-0.1, -0.05) is 60.1 Å². The van der Waals surface area contributed by atoms with Crippen molar-refractivity contribution in [1.82, 2.24) is 0 Å². The van der Waals surface area contributed by atoms with Crippen molar-refractivity contribution in [3.8, 4) is 0 Å². The van der Waals surface area contributed by atoms with E-state index in [1.165, 1.54) is 34.1 Å². The first-order chi connectivity index (χ1) is 11.6. The van der Waals surface area contributed by atoms with Gasteiger partial charge in [-0.05, 0) is 36.8 Å². The lowest BCUT2D eigenvalue weighted by Gasteiger charge is -2.46. The molecule has 0 aromatic heterocycles. The molecule has 24 heavy (non-hydrogen) atoms. The molecule has 1 aromatic carbocycles. The molecule has 1 saturated heterocycles. The van der Waals surface area contributed by atoms with Gasteiger partial charge in [-0.15, -0.1) is 0 Å². The average Bonchev–Trinajstić information content (AvgIpc) is 2.61. The molecule has 2 heterocycles. The Morgan fingerprint density at radius 3 is 2.96 bits per heavy atom. The second kappa shape index (κ2) is 6.68. The lowest BCUT2D eigenvalue weighted by atomic mass is 9.73. The number of rotatable bonds is 2. The standard InChI is InChI=1S/C21H26BrNO/c1-13(2)14-9-10-19-17(12-14)21-16(7-5-11-24-21)20(23-19)15-6-3-4-8-18(15)22/h3-4,8-10,12-13,15-16,20-21,23H,5-7,11H2,1-2H3/t15?,16-,20-,21-/m0/s1. The van der Waals surface area contributed by atoms with Gasteiger partial charge in [0.15, 0.2) is 0 Å². The van der Waals surface area contributed by atoms with E-state index in [4.69, 9.17) is 4.74 Å². The van der Waals surface area contributed by atoms with Crippen LogP contribution >= 0.6 is 15.9 Å². The van der Waals surface area contributed by atoms with E-state index in [0.717, 1.165) is 13.0 Å². The molecule has 0 amide bonds. The third-order valence-corrected chi connectivity index (χ3v) is 6.62. The fourth-order valence-electron chi connectivity index (χ4n) is 4.42. The van der Waals surface area contributed by atoms with Gasteiger partial charge in [-0.3, -0.25) is 0 Å². The molecule has 1 fully saturated rings. The number of anilines is 1. The van der Waals surface area contributed by atoms with Crippen molar-refractivity contribution in [2.45, 2.75) is 51.2 Å². The van der Waals surface area contributed by atoms with E-state index in [2.05, 4.69) is 71.5 Å². The Kier molecular flexibility index (Phi) is 4.57. The number of halogens is 1. The summed E-state index contributed by atoms with van der Waals surface area (Å²) in [7, 11) is 0. The Morgan fingerprint density at radius 2 is 2.17 bits per heavy atom. The van der Waals surface area contributed by atoms with Gasteiger partial charge in [-0.25, -0.2) is 0 Å². The molecule has 128 valence electrons. The zero-order valence-electron chi connectivity index (χ0n) is 14.5. The highest BCUT2D eigenvalue weighted by atomic mass is 79.9. The number of hydrogen-bond acceptors (Lipinski definition) is 2. The quantitative estimate of drug-likeness (QED) is 0.678. The minimum atomic E-state index is 0.241. The maximum atomic E-state index is 6.31. The van der Waals surface area contributed by atoms with Crippen molar-refractivity contribution >= 4 is 21.6 Å². The fraction of sp³-hybridized carbons (Fsp3) is 0.524. The molecule has 0 radical (unpaired) electrons. The zero-order valence-corrected chi connectivity index (χ0v) is 16.1. The van der Waals surface area contributed by atoms with Crippen LogP contribution in [0.25, 0.3) is 0 Å². The Hall–Kier alpha value is -1.06. The van der Waals surface area contributed by atoms with Crippen LogP contribution in [0.2, 0.25) is 0 Å². The molecule has 2 aliphatic heterocycles. The minimum absolute atomic E-state index is 0.241. The number of fused-ring (bicyclic) bond motifs is 3. The summed E-state index contributed by atoms with van der Waals surface area (Å²) in [6.45, 7) is 5.41. The molecule has 1 aromatic rings. The van der Waals surface area contributed by atoms with E-state index in [1.807, 2.05) is 0 Å². The van der Waals surface area contributed by atoms with Gasteiger partial charge in [-0.2, -0.15) is 0 Å². The molecule has 4 rings (SSSR count). The molecular formula is C21H26BrNO. The van der Waals surface area contributed by atoms with Crippen molar-refractivity contribution in [1.29, 1.82) is 0 Å². The summed E-state index contributed by atoms with van der Waals surface area (Å²) in [4.78, 5) is 0. The monoisotopic (exact) mass is 387 g/mol. The molecule has 1 aliphatic carbocycles. The van der Waals surface area contributed by atoms with E-state index in [0.29, 0.717) is 23.8 Å². The summed E-state index contributed by atoms with van der Waals surface area (Å²) >= 11 is 3.81. The van der Waals surface area contributed by atoms with Crippen molar-refractivity contribution in [2.24, 2.45) is 11.8 Å². The summed E-state index contributed by atoms with van der Waals surface area (Å²) in [6.07, 6.45) is 10.4. The summed E-state index contributed by atoms with van der Waals surface area (Å²) in [6, 6.07) is 7.34. The normalized spacial score (nSPS) is 31.9. The van der Waals surface area contributed by atoms with Crippen LogP contribution in [0.15, 0.2) is 40.9 Å². The first kappa shape index (κ1) is 16.4. The Labute approximate surface area is 153 Å². The highest BCUT2D eigenvalue weighted by Crippen LogP contribution is 2.48. The number of ether oxygens (including phenoxy) is 1. The third-order valence-electron chi connectivity index (χ3n) is 5.77. The Balaban J connectivity index is 1.72. The van der Waals surface area contributed by atoms with Gasteiger partial charge in [0.1, 0.15) is 0 Å². The van der Waals surface area contributed by atoms with Gasteiger partial charge >= 0.3 is 0 Å². The minimum Gasteiger partial charge on any atom is -0.381 e. The Bertz CT molecular complexity index is 678. The first-order valence-corrected chi connectivity index (χ1v) is 9.98. The van der Waals surface area contributed by atoms with Crippen molar-refractivity contribution in [2.75, 3.05) is 11.9 Å². The van der Waals surface area contributed by atoms with Gasteiger partial charge < -0.3 is 10.1 Å². The van der Waals surface area contributed by atoms with Crippen LogP contribution < -0.4 is 5.32 Å². The number of nitrogens with one attached hydrogen (secondary N) is 1.